The summed E-state index contributed by atoms with van der Waals surface area (Å²) in [5.41, 5.74) is 6.58. The highest BCUT2D eigenvalue weighted by atomic mass is 79.9. The number of methoxy groups -OCH3 is 1. The van der Waals surface area contributed by atoms with Crippen molar-refractivity contribution in [1.29, 1.82) is 5.26 Å². The van der Waals surface area contributed by atoms with Gasteiger partial charge in [-0.2, -0.15) is 9.83 Å². The van der Waals surface area contributed by atoms with E-state index in [0.717, 1.165) is 16.5 Å². The average molecular weight is 294 g/mol. The number of nitrogens with zero attached hydrogens (tertiary/aromatic N) is 2. The van der Waals surface area contributed by atoms with E-state index in [2.05, 4.69) is 6.07 Å². The smallest absolute Gasteiger partial charge is 0.233 e. The molecule has 0 spiro atoms. The van der Waals surface area contributed by atoms with E-state index in [1.807, 2.05) is 30.6 Å². The molecule has 0 saturated heterocycles. The molecule has 17 heavy (non-hydrogen) atoms. The first kappa shape index (κ1) is 13.3. The summed E-state index contributed by atoms with van der Waals surface area (Å²) in [4.78, 5) is 0. The van der Waals surface area contributed by atoms with Gasteiger partial charge in [-0.15, -0.1) is 0 Å². The van der Waals surface area contributed by atoms with Crippen LogP contribution in [0, 0.1) is 11.3 Å². The van der Waals surface area contributed by atoms with Gasteiger partial charge in [0.25, 0.3) is 0 Å². The third kappa shape index (κ3) is 2.48. The fourth-order valence-corrected chi connectivity index (χ4v) is 1.69. The van der Waals surface area contributed by atoms with Gasteiger partial charge in [0.1, 0.15) is 11.8 Å². The van der Waals surface area contributed by atoms with Crippen molar-refractivity contribution in [3.05, 3.63) is 30.6 Å². The van der Waals surface area contributed by atoms with Crippen LogP contribution >= 0.6 is 0 Å². The number of hydrogen-bond donors (Lipinski definition) is 1. The topological polar surface area (TPSA) is 62.9 Å². The second-order valence-corrected chi connectivity index (χ2v) is 3.46. The van der Waals surface area contributed by atoms with Crippen molar-refractivity contribution in [2.45, 2.75) is 6.54 Å². The van der Waals surface area contributed by atoms with Gasteiger partial charge in [0.05, 0.1) is 12.5 Å². The SMILES string of the molecule is COc1ccc(N)c2cc[n+](CC#N)cc12.[Br-]. The van der Waals surface area contributed by atoms with Crippen LogP contribution in [0.2, 0.25) is 0 Å². The summed E-state index contributed by atoms with van der Waals surface area (Å²) >= 11 is 0. The van der Waals surface area contributed by atoms with Gasteiger partial charge in [-0.3, -0.25) is 0 Å². The van der Waals surface area contributed by atoms with E-state index in [1.54, 1.807) is 11.7 Å². The molecule has 2 N–H and O–H groups in total. The first-order valence-corrected chi connectivity index (χ1v) is 4.88. The molecule has 5 heteroatoms. The van der Waals surface area contributed by atoms with Gasteiger partial charge in [0.15, 0.2) is 12.4 Å². The maximum Gasteiger partial charge on any atom is 0.233 e. The number of rotatable bonds is 2. The number of pyridine rings is 1. The van der Waals surface area contributed by atoms with Gasteiger partial charge in [0.2, 0.25) is 6.54 Å². The van der Waals surface area contributed by atoms with Crippen molar-refractivity contribution in [2.24, 2.45) is 0 Å². The normalized spacial score (nSPS) is 9.41. The number of nitrogen functional groups attached to an aromatic ring is 1. The zero-order valence-electron chi connectivity index (χ0n) is 9.35. The number of aromatic nitrogens is 1. The van der Waals surface area contributed by atoms with Gasteiger partial charge in [0, 0.05) is 17.1 Å². The predicted octanol–water partition coefficient (Wildman–Crippen LogP) is -1.75. The second kappa shape index (κ2) is 5.51. The lowest BCUT2D eigenvalue weighted by atomic mass is 10.1. The Morgan fingerprint density at radius 3 is 2.76 bits per heavy atom. The summed E-state index contributed by atoms with van der Waals surface area (Å²) in [6.45, 7) is 0.313. The van der Waals surface area contributed by atoms with Crippen LogP contribution in [0.5, 0.6) is 5.75 Å². The highest BCUT2D eigenvalue weighted by molar-refractivity contribution is 5.95. The molecule has 0 fully saturated rings. The Labute approximate surface area is 110 Å². The van der Waals surface area contributed by atoms with Gasteiger partial charge in [-0.05, 0) is 12.1 Å². The van der Waals surface area contributed by atoms with E-state index < -0.39 is 0 Å². The van der Waals surface area contributed by atoms with Crippen LogP contribution in [0.25, 0.3) is 10.8 Å². The van der Waals surface area contributed by atoms with E-state index in [4.69, 9.17) is 15.7 Å². The molecule has 0 atom stereocenters. The molecule has 0 aliphatic heterocycles. The van der Waals surface area contributed by atoms with Gasteiger partial charge >= 0.3 is 0 Å². The van der Waals surface area contributed by atoms with E-state index >= 15 is 0 Å². The Balaban J connectivity index is 0.00000144. The van der Waals surface area contributed by atoms with Crippen LogP contribution in [-0.2, 0) is 6.54 Å². The van der Waals surface area contributed by atoms with Crippen molar-refractivity contribution in [3.8, 4) is 11.8 Å². The van der Waals surface area contributed by atoms with Crippen molar-refractivity contribution in [1.82, 2.24) is 0 Å². The van der Waals surface area contributed by atoms with Crippen molar-refractivity contribution in [3.63, 3.8) is 0 Å². The molecule has 0 bridgehead atoms. The maximum absolute atomic E-state index is 8.65. The van der Waals surface area contributed by atoms with Crippen LogP contribution in [0.3, 0.4) is 0 Å². The monoisotopic (exact) mass is 293 g/mol. The fraction of sp³-hybridized carbons (Fsp3) is 0.167. The highest BCUT2D eigenvalue weighted by Gasteiger charge is 2.09. The molecular formula is C12H12BrN3O. The number of ether oxygens (including phenoxy) is 1. The standard InChI is InChI=1S/C12H12N3O.BrH/c1-16-12-3-2-11(14)9-4-6-15(7-5-13)8-10(9)12;/h2-4,6,8H,7,14H2,1H3;1H/q+1;/p-1. The van der Waals surface area contributed by atoms with E-state index in [9.17, 15) is 0 Å². The number of nitriles is 1. The molecule has 0 aliphatic rings. The van der Waals surface area contributed by atoms with Crippen molar-refractivity contribution >= 4 is 16.5 Å². The molecule has 0 aliphatic carbocycles. The largest absolute Gasteiger partial charge is 1.00 e. The number of benzene rings is 1. The lowest BCUT2D eigenvalue weighted by Gasteiger charge is -2.05. The molecule has 4 nitrogen and oxygen atoms in total. The molecule has 2 aromatic rings. The van der Waals surface area contributed by atoms with Crippen LogP contribution in [-0.4, -0.2) is 7.11 Å². The van der Waals surface area contributed by atoms with Crippen molar-refractivity contribution in [2.75, 3.05) is 12.8 Å². The summed E-state index contributed by atoms with van der Waals surface area (Å²) in [5, 5.41) is 10.5. The fourth-order valence-electron chi connectivity index (χ4n) is 1.69. The van der Waals surface area contributed by atoms with Gasteiger partial charge in [-0.25, -0.2) is 0 Å². The second-order valence-electron chi connectivity index (χ2n) is 3.46. The molecule has 2 rings (SSSR count). The summed E-state index contributed by atoms with van der Waals surface area (Å²) in [6.07, 6.45) is 3.70. The van der Waals surface area contributed by atoms with Crippen LogP contribution < -0.4 is 32.0 Å². The van der Waals surface area contributed by atoms with E-state index in [1.165, 1.54) is 0 Å². The predicted molar refractivity (Wildman–Crippen MR) is 60.7 cm³/mol. The van der Waals surface area contributed by atoms with Crippen molar-refractivity contribution < 1.29 is 26.3 Å². The third-order valence-electron chi connectivity index (χ3n) is 2.48. The molecule has 0 saturated carbocycles. The Morgan fingerprint density at radius 1 is 1.35 bits per heavy atom. The molecule has 0 radical (unpaired) electrons. The van der Waals surface area contributed by atoms with E-state index in [0.29, 0.717) is 12.2 Å². The molecule has 88 valence electrons. The van der Waals surface area contributed by atoms with Crippen LogP contribution in [0.15, 0.2) is 30.6 Å². The summed E-state index contributed by atoms with van der Waals surface area (Å²) in [7, 11) is 1.62. The molecule has 1 heterocycles. The van der Waals surface area contributed by atoms with E-state index in [-0.39, 0.29) is 17.0 Å². The third-order valence-corrected chi connectivity index (χ3v) is 2.48. The maximum atomic E-state index is 8.65. The zero-order chi connectivity index (χ0) is 11.5. The first-order valence-electron chi connectivity index (χ1n) is 4.88. The van der Waals surface area contributed by atoms with Gasteiger partial charge in [-0.1, -0.05) is 0 Å². The summed E-state index contributed by atoms with van der Waals surface area (Å²) in [5.74, 6) is 0.761. The Morgan fingerprint density at radius 2 is 2.12 bits per heavy atom. The number of anilines is 1. The molecule has 0 amide bonds. The Bertz CT molecular complexity index is 578. The van der Waals surface area contributed by atoms with Gasteiger partial charge < -0.3 is 27.5 Å². The quantitative estimate of drug-likeness (QED) is 0.527. The minimum atomic E-state index is 0. The number of fused-ring (bicyclic) bond motifs is 1. The zero-order valence-corrected chi connectivity index (χ0v) is 10.9. The molecule has 1 aromatic heterocycles. The van der Waals surface area contributed by atoms with Crippen LogP contribution in [0.4, 0.5) is 5.69 Å². The highest BCUT2D eigenvalue weighted by Crippen LogP contribution is 2.28. The van der Waals surface area contributed by atoms with Crippen LogP contribution in [0.1, 0.15) is 0 Å². The molecular weight excluding hydrogens is 282 g/mol. The average Bonchev–Trinajstić information content (AvgIpc) is 2.30. The lowest BCUT2D eigenvalue weighted by molar-refractivity contribution is -0.683. The minimum Gasteiger partial charge on any atom is -1.00 e. The molecule has 0 unspecified atom stereocenters. The number of halogens is 1. The Hall–Kier alpha value is -1.80. The first-order chi connectivity index (χ1) is 7.76. The number of hydrogen-bond acceptors (Lipinski definition) is 3. The lowest BCUT2D eigenvalue weighted by Crippen LogP contribution is -3.00. The Kier molecular flexibility index (Phi) is 4.30. The summed E-state index contributed by atoms with van der Waals surface area (Å²) < 4.78 is 7.06. The summed E-state index contributed by atoms with van der Waals surface area (Å²) in [6, 6.07) is 7.63. The minimum absolute atomic E-state index is 0. The molecule has 1 aromatic carbocycles. The number of nitrogens with two attached hydrogens (primary N) is 1.